The molecule has 0 aromatic carbocycles. The molecule has 0 aromatic heterocycles. The fraction of sp³-hybridized carbons (Fsp3) is 1.00. The van der Waals surface area contributed by atoms with E-state index in [2.05, 4.69) is 0 Å². The molecule has 1 aliphatic rings. The van der Waals surface area contributed by atoms with Crippen LogP contribution in [-0.4, -0.2) is 20.1 Å². The number of hydrogen-bond donors (Lipinski definition) is 0. The Balaban J connectivity index is 2.47. The molecule has 0 aliphatic heterocycles. The summed E-state index contributed by atoms with van der Waals surface area (Å²) in [6, 6.07) is 0. The molecule has 0 N–H and O–H groups in total. The van der Waals surface area contributed by atoms with Crippen LogP contribution in [0.3, 0.4) is 0 Å². The highest BCUT2D eigenvalue weighted by atomic mass is 35.7. The minimum atomic E-state index is -4.11. The Hall–Kier alpha value is 0.1000. The predicted octanol–water partition coefficient (Wildman–Crippen LogP) is 3.16. The van der Waals surface area contributed by atoms with E-state index in [4.69, 9.17) is 10.7 Å². The van der Waals surface area contributed by atoms with Crippen LogP contribution in [0.5, 0.6) is 0 Å². The minimum Gasteiger partial charge on any atom is -0.212 e. The van der Waals surface area contributed by atoms with Gasteiger partial charge in [0, 0.05) is 17.1 Å². The highest BCUT2D eigenvalue weighted by Crippen LogP contribution is 2.34. The highest BCUT2D eigenvalue weighted by molar-refractivity contribution is 8.13. The zero-order valence-electron chi connectivity index (χ0n) is 8.39. The van der Waals surface area contributed by atoms with Crippen LogP contribution >= 0.6 is 10.7 Å². The maximum absolute atomic E-state index is 13.2. The predicted molar refractivity (Wildman–Crippen MR) is 55.8 cm³/mol. The van der Waals surface area contributed by atoms with Crippen LogP contribution < -0.4 is 0 Å². The average molecular weight is 261 g/mol. The molecule has 0 radical (unpaired) electrons. The molecule has 0 saturated heterocycles. The molecule has 0 amide bonds. The van der Waals surface area contributed by atoms with E-state index in [1.54, 1.807) is 0 Å². The van der Waals surface area contributed by atoms with E-state index in [0.29, 0.717) is 0 Å². The fourth-order valence-corrected chi connectivity index (χ4v) is 3.23. The molecule has 0 spiro atoms. The van der Waals surface area contributed by atoms with Crippen LogP contribution in [0.25, 0.3) is 0 Å². The second-order valence-electron chi connectivity index (χ2n) is 4.25. The van der Waals surface area contributed by atoms with Crippen LogP contribution in [0.15, 0.2) is 0 Å². The Kier molecular flexibility index (Phi) is 4.35. The van der Waals surface area contributed by atoms with E-state index >= 15 is 0 Å². The van der Waals surface area contributed by atoms with Gasteiger partial charge < -0.3 is 0 Å². The molecule has 15 heavy (non-hydrogen) atoms. The highest BCUT2D eigenvalue weighted by Gasteiger charge is 2.37. The lowest BCUT2D eigenvalue weighted by molar-refractivity contribution is -0.00473. The minimum absolute atomic E-state index is 0.0489. The van der Waals surface area contributed by atoms with Gasteiger partial charge in [0.25, 0.3) is 5.92 Å². The van der Waals surface area contributed by atoms with Crippen LogP contribution in [0.4, 0.5) is 8.78 Å². The van der Waals surface area contributed by atoms with Crippen molar-refractivity contribution < 1.29 is 17.2 Å². The van der Waals surface area contributed by atoms with Gasteiger partial charge in [-0.15, -0.1) is 0 Å². The van der Waals surface area contributed by atoms with E-state index in [0.717, 1.165) is 32.1 Å². The first kappa shape index (κ1) is 13.2. The summed E-state index contributed by atoms with van der Waals surface area (Å²) >= 11 is 0. The Morgan fingerprint density at radius 3 is 2.20 bits per heavy atom. The zero-order valence-corrected chi connectivity index (χ0v) is 9.96. The fourth-order valence-electron chi connectivity index (χ4n) is 2.12. The SMILES string of the molecule is O=S(=O)(Cl)CC(F)(F)CC1CCCCC1. The van der Waals surface area contributed by atoms with Crippen LogP contribution in [0, 0.1) is 5.92 Å². The summed E-state index contributed by atoms with van der Waals surface area (Å²) in [4.78, 5) is 0. The Bertz CT molecular complexity index is 297. The lowest BCUT2D eigenvalue weighted by atomic mass is 9.85. The zero-order chi connectivity index (χ0) is 11.5. The van der Waals surface area contributed by atoms with E-state index in [9.17, 15) is 17.2 Å². The molecule has 1 saturated carbocycles. The molecule has 0 unspecified atom stereocenters. The van der Waals surface area contributed by atoms with Crippen molar-refractivity contribution in [1.82, 2.24) is 0 Å². The van der Waals surface area contributed by atoms with Crippen molar-refractivity contribution in [3.8, 4) is 0 Å². The molecule has 1 fully saturated rings. The Labute approximate surface area is 93.4 Å². The summed E-state index contributed by atoms with van der Waals surface area (Å²) in [5.74, 6) is -4.46. The lowest BCUT2D eigenvalue weighted by Gasteiger charge is -2.25. The van der Waals surface area contributed by atoms with Crippen LogP contribution in [0.2, 0.25) is 0 Å². The van der Waals surface area contributed by atoms with Gasteiger partial charge in [-0.2, -0.15) is 0 Å². The number of hydrogen-bond acceptors (Lipinski definition) is 2. The number of alkyl halides is 2. The van der Waals surface area contributed by atoms with Gasteiger partial charge in [0.1, 0.15) is 5.75 Å². The molecular formula is C9H15ClF2O2S. The van der Waals surface area contributed by atoms with Crippen molar-refractivity contribution in [2.45, 2.75) is 44.4 Å². The number of halogens is 3. The van der Waals surface area contributed by atoms with Crippen molar-refractivity contribution in [2.24, 2.45) is 5.92 Å². The van der Waals surface area contributed by atoms with Crippen molar-refractivity contribution >= 4 is 19.7 Å². The average Bonchev–Trinajstić information content (AvgIpc) is 1.99. The monoisotopic (exact) mass is 260 g/mol. The third-order valence-corrected chi connectivity index (χ3v) is 3.79. The summed E-state index contributed by atoms with van der Waals surface area (Å²) in [6.45, 7) is 0. The van der Waals surface area contributed by atoms with Gasteiger partial charge in [0.15, 0.2) is 0 Å². The first-order valence-electron chi connectivity index (χ1n) is 5.09. The third kappa shape index (κ3) is 5.66. The molecule has 0 heterocycles. The second-order valence-corrected chi connectivity index (χ2v) is 7.02. The third-order valence-electron chi connectivity index (χ3n) is 2.70. The van der Waals surface area contributed by atoms with Gasteiger partial charge in [-0.1, -0.05) is 32.1 Å². The molecular weight excluding hydrogens is 246 g/mol. The topological polar surface area (TPSA) is 34.1 Å². The van der Waals surface area contributed by atoms with Crippen LogP contribution in [-0.2, 0) is 9.05 Å². The smallest absolute Gasteiger partial charge is 0.212 e. The summed E-state index contributed by atoms with van der Waals surface area (Å²) in [7, 11) is 0.717. The molecule has 2 nitrogen and oxygen atoms in total. The van der Waals surface area contributed by atoms with Gasteiger partial charge >= 0.3 is 0 Å². The first-order valence-corrected chi connectivity index (χ1v) is 7.56. The largest absolute Gasteiger partial charge is 0.263 e. The van der Waals surface area contributed by atoms with Crippen molar-refractivity contribution in [2.75, 3.05) is 5.75 Å². The molecule has 1 aliphatic carbocycles. The molecule has 0 aromatic rings. The van der Waals surface area contributed by atoms with E-state index in [-0.39, 0.29) is 12.3 Å². The second kappa shape index (κ2) is 4.95. The molecule has 90 valence electrons. The van der Waals surface area contributed by atoms with Crippen molar-refractivity contribution in [3.05, 3.63) is 0 Å². The molecule has 0 atom stereocenters. The first-order chi connectivity index (χ1) is 6.79. The van der Waals surface area contributed by atoms with E-state index in [1.165, 1.54) is 0 Å². The van der Waals surface area contributed by atoms with Gasteiger partial charge in [-0.05, 0) is 5.92 Å². The van der Waals surface area contributed by atoms with Crippen LogP contribution in [0.1, 0.15) is 38.5 Å². The van der Waals surface area contributed by atoms with Gasteiger partial charge in [-0.25, -0.2) is 17.2 Å². The molecule has 0 bridgehead atoms. The Morgan fingerprint density at radius 2 is 1.73 bits per heavy atom. The van der Waals surface area contributed by atoms with Gasteiger partial charge in [0.05, 0.1) is 0 Å². The maximum atomic E-state index is 13.2. The van der Waals surface area contributed by atoms with Gasteiger partial charge in [0.2, 0.25) is 9.05 Å². The van der Waals surface area contributed by atoms with Crippen molar-refractivity contribution in [3.63, 3.8) is 0 Å². The summed E-state index contributed by atoms with van der Waals surface area (Å²) in [6.07, 6.45) is 4.23. The summed E-state index contributed by atoms with van der Waals surface area (Å²) < 4.78 is 47.6. The van der Waals surface area contributed by atoms with Crippen molar-refractivity contribution in [1.29, 1.82) is 0 Å². The summed E-state index contributed by atoms with van der Waals surface area (Å²) in [5, 5.41) is 0. The quantitative estimate of drug-likeness (QED) is 0.728. The maximum Gasteiger partial charge on any atom is 0.263 e. The standard InChI is InChI=1S/C9H15ClF2O2S/c10-15(13,14)7-9(11,12)6-8-4-2-1-3-5-8/h8H,1-7H2. The van der Waals surface area contributed by atoms with E-state index in [1.807, 2.05) is 0 Å². The summed E-state index contributed by atoms with van der Waals surface area (Å²) in [5.41, 5.74) is 0. The van der Waals surface area contributed by atoms with E-state index < -0.39 is 20.7 Å². The van der Waals surface area contributed by atoms with Gasteiger partial charge in [-0.3, -0.25) is 0 Å². The Morgan fingerprint density at radius 1 is 1.20 bits per heavy atom. The molecule has 6 heteroatoms. The lowest BCUT2D eigenvalue weighted by Crippen LogP contribution is -2.29. The molecule has 1 rings (SSSR count). The number of rotatable bonds is 4. The normalized spacial score (nSPS) is 20.5.